The van der Waals surface area contributed by atoms with Crippen LogP contribution in [-0.4, -0.2) is 16.8 Å². The molecule has 4 aromatic carbocycles. The number of benzene rings is 4. The van der Waals surface area contributed by atoms with Gasteiger partial charge in [-0.25, -0.2) is 0 Å². The Hall–Kier alpha value is -4.57. The summed E-state index contributed by atoms with van der Waals surface area (Å²) in [6.45, 7) is 0. The van der Waals surface area contributed by atoms with Crippen LogP contribution in [0.2, 0.25) is 0 Å². The molecule has 6 radical (unpaired) electrons. The Balaban J connectivity index is 0.000000344. The summed E-state index contributed by atoms with van der Waals surface area (Å²) in [6, 6.07) is 35.3. The molecular formula is C32H28B2O4. The Kier molecular flexibility index (Phi) is 11.8. The number of hydrogen-bond donors (Lipinski definition) is 0. The fraction of sp³-hybridized carbons (Fsp3) is 0.0625. The zero-order valence-corrected chi connectivity index (χ0v) is 19.3. The van der Waals surface area contributed by atoms with Crippen molar-refractivity contribution in [3.63, 3.8) is 0 Å². The van der Waals surface area contributed by atoms with Gasteiger partial charge in [0.15, 0.2) is 10.9 Å². The van der Waals surface area contributed by atoms with Gasteiger partial charge in [-0.05, 0) is 29.8 Å². The standard InChI is InChI=1S/2C15H10O2.2CH4.2B/c16-13-10-15(11-6-2-1-3-7-11)17-14-9-5-4-8-12(13)14;16-15-12-8-4-5-9-14(12)17-10-13(15)11-6-2-1-3-7-11;;;;/h2*1-10H;2*1H4;;. The van der Waals surface area contributed by atoms with Crippen LogP contribution in [0, 0.1) is 0 Å². The monoisotopic (exact) mass is 498 g/mol. The summed E-state index contributed by atoms with van der Waals surface area (Å²) in [7, 11) is 0. The van der Waals surface area contributed by atoms with Crippen molar-refractivity contribution < 1.29 is 8.83 Å². The normalized spacial score (nSPS) is 9.47. The Morgan fingerprint density at radius 1 is 0.526 bits per heavy atom. The second-order valence-corrected chi connectivity index (χ2v) is 7.68. The molecule has 6 rings (SSSR count). The van der Waals surface area contributed by atoms with E-state index in [9.17, 15) is 9.59 Å². The van der Waals surface area contributed by atoms with Gasteiger partial charge in [0, 0.05) is 28.5 Å². The average Bonchev–Trinajstić information content (AvgIpc) is 2.90. The minimum absolute atomic E-state index is 0. The Morgan fingerprint density at radius 3 is 1.66 bits per heavy atom. The van der Waals surface area contributed by atoms with Crippen molar-refractivity contribution in [3.05, 3.63) is 142 Å². The van der Waals surface area contributed by atoms with Crippen molar-refractivity contribution in [1.82, 2.24) is 0 Å². The maximum Gasteiger partial charge on any atom is 0.200 e. The third-order valence-electron chi connectivity index (χ3n) is 5.46. The number of rotatable bonds is 2. The molecule has 6 aromatic rings. The first kappa shape index (κ1) is 31.5. The number of fused-ring (bicyclic) bond motifs is 2. The van der Waals surface area contributed by atoms with Gasteiger partial charge in [0.25, 0.3) is 0 Å². The van der Waals surface area contributed by atoms with Gasteiger partial charge < -0.3 is 8.83 Å². The van der Waals surface area contributed by atoms with Gasteiger partial charge in [-0.15, -0.1) is 0 Å². The van der Waals surface area contributed by atoms with Crippen LogP contribution in [0.1, 0.15) is 14.9 Å². The van der Waals surface area contributed by atoms with Crippen LogP contribution in [0.15, 0.2) is 140 Å². The summed E-state index contributed by atoms with van der Waals surface area (Å²) in [5.74, 6) is 0.606. The Morgan fingerprint density at radius 2 is 1.03 bits per heavy atom. The first-order valence-corrected chi connectivity index (χ1v) is 10.8. The van der Waals surface area contributed by atoms with Crippen molar-refractivity contribution in [2.45, 2.75) is 14.9 Å². The largest absolute Gasteiger partial charge is 0.463 e. The second kappa shape index (κ2) is 14.2. The molecule has 0 bridgehead atoms. The first-order valence-electron chi connectivity index (χ1n) is 10.8. The van der Waals surface area contributed by atoms with Crippen molar-refractivity contribution in [2.24, 2.45) is 0 Å². The summed E-state index contributed by atoms with van der Waals surface area (Å²) in [4.78, 5) is 24.2. The number of para-hydroxylation sites is 2. The summed E-state index contributed by atoms with van der Waals surface area (Å²) in [5.41, 5.74) is 3.64. The smallest absolute Gasteiger partial charge is 0.200 e. The predicted molar refractivity (Wildman–Crippen MR) is 161 cm³/mol. The van der Waals surface area contributed by atoms with Crippen molar-refractivity contribution in [2.75, 3.05) is 0 Å². The molecule has 0 spiro atoms. The third-order valence-corrected chi connectivity index (χ3v) is 5.46. The van der Waals surface area contributed by atoms with Crippen LogP contribution in [0.5, 0.6) is 0 Å². The molecule has 0 aliphatic rings. The molecule has 0 aliphatic carbocycles. The first-order chi connectivity index (χ1) is 16.7. The fourth-order valence-electron chi connectivity index (χ4n) is 3.74. The van der Waals surface area contributed by atoms with E-state index in [0.29, 0.717) is 33.3 Å². The highest BCUT2D eigenvalue weighted by Gasteiger charge is 2.08. The topological polar surface area (TPSA) is 60.4 Å². The average molecular weight is 498 g/mol. The molecular weight excluding hydrogens is 470 g/mol. The molecule has 6 heteroatoms. The molecule has 2 aromatic heterocycles. The van der Waals surface area contributed by atoms with E-state index in [1.165, 1.54) is 12.3 Å². The van der Waals surface area contributed by atoms with Crippen molar-refractivity contribution in [3.8, 4) is 22.5 Å². The molecule has 0 aliphatic heterocycles. The lowest BCUT2D eigenvalue weighted by atomic mass is 10.1. The highest BCUT2D eigenvalue weighted by Crippen LogP contribution is 2.21. The van der Waals surface area contributed by atoms with Gasteiger partial charge in [0.05, 0.1) is 16.3 Å². The molecule has 4 nitrogen and oxygen atoms in total. The predicted octanol–water partition coefficient (Wildman–Crippen LogP) is 7.43. The summed E-state index contributed by atoms with van der Waals surface area (Å²) in [6.07, 6.45) is 1.53. The lowest BCUT2D eigenvalue weighted by Crippen LogP contribution is -2.04. The summed E-state index contributed by atoms with van der Waals surface area (Å²) < 4.78 is 11.2. The molecule has 38 heavy (non-hydrogen) atoms. The third kappa shape index (κ3) is 6.60. The Bertz CT molecular complexity index is 1690. The molecule has 186 valence electrons. The van der Waals surface area contributed by atoms with E-state index in [4.69, 9.17) is 8.83 Å². The van der Waals surface area contributed by atoms with Crippen LogP contribution in [-0.2, 0) is 0 Å². The fourth-order valence-corrected chi connectivity index (χ4v) is 3.74. The molecule has 0 unspecified atom stereocenters. The van der Waals surface area contributed by atoms with Crippen LogP contribution in [0.4, 0.5) is 0 Å². The maximum absolute atomic E-state index is 12.3. The number of hydrogen-bond acceptors (Lipinski definition) is 4. The van der Waals surface area contributed by atoms with E-state index in [0.717, 1.165) is 11.1 Å². The van der Waals surface area contributed by atoms with Gasteiger partial charge >= 0.3 is 0 Å². The summed E-state index contributed by atoms with van der Waals surface area (Å²) in [5, 5.41) is 1.24. The minimum Gasteiger partial charge on any atom is -0.463 e. The molecule has 0 N–H and O–H groups in total. The molecule has 0 fully saturated rings. The molecule has 0 saturated carbocycles. The quantitative estimate of drug-likeness (QED) is 0.233. The van der Waals surface area contributed by atoms with E-state index < -0.39 is 0 Å². The van der Waals surface area contributed by atoms with Gasteiger partial charge in [0.2, 0.25) is 0 Å². The van der Waals surface area contributed by atoms with Crippen molar-refractivity contribution >= 4 is 38.8 Å². The highest BCUT2D eigenvalue weighted by atomic mass is 16.3. The maximum atomic E-state index is 12.3. The van der Waals surface area contributed by atoms with E-state index in [1.807, 2.05) is 91.0 Å². The molecule has 0 atom stereocenters. The zero-order chi connectivity index (χ0) is 23.3. The minimum atomic E-state index is -0.00861. The van der Waals surface area contributed by atoms with Gasteiger partial charge in [-0.3, -0.25) is 9.59 Å². The van der Waals surface area contributed by atoms with E-state index >= 15 is 0 Å². The van der Waals surface area contributed by atoms with E-state index in [2.05, 4.69) is 0 Å². The molecule has 0 saturated heterocycles. The molecule has 0 amide bonds. The summed E-state index contributed by atoms with van der Waals surface area (Å²) >= 11 is 0. The van der Waals surface area contributed by atoms with Gasteiger partial charge in [-0.1, -0.05) is 99.8 Å². The van der Waals surface area contributed by atoms with Gasteiger partial charge in [-0.2, -0.15) is 0 Å². The highest BCUT2D eigenvalue weighted by molar-refractivity contribution is 5.81. The zero-order valence-electron chi connectivity index (χ0n) is 19.3. The molecule has 2 heterocycles. The van der Waals surface area contributed by atoms with Crippen LogP contribution < -0.4 is 10.9 Å². The Labute approximate surface area is 226 Å². The van der Waals surface area contributed by atoms with Crippen molar-refractivity contribution in [1.29, 1.82) is 0 Å². The van der Waals surface area contributed by atoms with Crippen LogP contribution >= 0.6 is 0 Å². The van der Waals surface area contributed by atoms with Crippen LogP contribution in [0.3, 0.4) is 0 Å². The van der Waals surface area contributed by atoms with E-state index in [1.54, 1.807) is 18.2 Å². The van der Waals surface area contributed by atoms with Crippen LogP contribution in [0.25, 0.3) is 44.4 Å². The lowest BCUT2D eigenvalue weighted by Gasteiger charge is -2.02. The SMILES string of the molecule is C.C.O=c1c(-c2ccccc2)coc2ccccc12.O=c1cc(-c2ccccc2)oc2ccccc12.[B].[B]. The lowest BCUT2D eigenvalue weighted by molar-refractivity contribution is 0.604. The second-order valence-electron chi connectivity index (χ2n) is 7.68. The van der Waals surface area contributed by atoms with Gasteiger partial charge in [0.1, 0.15) is 23.2 Å². The van der Waals surface area contributed by atoms with E-state index in [-0.39, 0.29) is 42.5 Å².